The molecule has 1 aromatic rings. The van der Waals surface area contributed by atoms with Crippen LogP contribution in [-0.4, -0.2) is 44.9 Å². The van der Waals surface area contributed by atoms with Crippen LogP contribution in [0.15, 0.2) is 15.8 Å². The SMILES string of the molecule is O=Cc1cn(C2CC(O)C(CO)O2)c(=O)[nH]c1=O. The van der Waals surface area contributed by atoms with Crippen molar-refractivity contribution in [2.45, 2.75) is 24.9 Å². The highest BCUT2D eigenvalue weighted by Crippen LogP contribution is 2.27. The molecule has 0 aromatic carbocycles. The first-order valence-electron chi connectivity index (χ1n) is 5.32. The fourth-order valence-corrected chi connectivity index (χ4v) is 1.85. The number of nitrogens with zero attached hydrogens (tertiary/aromatic N) is 1. The molecule has 2 heterocycles. The lowest BCUT2D eigenvalue weighted by Crippen LogP contribution is -2.34. The monoisotopic (exact) mass is 256 g/mol. The Bertz CT molecular complexity index is 562. The van der Waals surface area contributed by atoms with E-state index in [0.717, 1.165) is 10.8 Å². The van der Waals surface area contributed by atoms with Crippen LogP contribution in [0.1, 0.15) is 23.0 Å². The van der Waals surface area contributed by atoms with E-state index < -0.39 is 29.7 Å². The Kier molecular flexibility index (Phi) is 3.41. The van der Waals surface area contributed by atoms with Crippen LogP contribution in [-0.2, 0) is 4.74 Å². The summed E-state index contributed by atoms with van der Waals surface area (Å²) >= 11 is 0. The lowest BCUT2D eigenvalue weighted by Gasteiger charge is -2.14. The van der Waals surface area contributed by atoms with Crippen LogP contribution in [0.5, 0.6) is 0 Å². The highest BCUT2D eigenvalue weighted by atomic mass is 16.5. The minimum Gasteiger partial charge on any atom is -0.394 e. The van der Waals surface area contributed by atoms with Crippen molar-refractivity contribution in [1.29, 1.82) is 0 Å². The van der Waals surface area contributed by atoms with Crippen LogP contribution in [0.3, 0.4) is 0 Å². The molecular formula is C10H12N2O6. The number of H-pyrrole nitrogens is 1. The molecule has 2 rings (SSSR count). The van der Waals surface area contributed by atoms with E-state index in [0.29, 0.717) is 6.29 Å². The van der Waals surface area contributed by atoms with Gasteiger partial charge in [-0.2, -0.15) is 0 Å². The number of aliphatic hydroxyl groups excluding tert-OH is 2. The van der Waals surface area contributed by atoms with Crippen LogP contribution in [0.2, 0.25) is 0 Å². The predicted octanol–water partition coefficient (Wildman–Crippen LogP) is -2.01. The van der Waals surface area contributed by atoms with Gasteiger partial charge in [0.2, 0.25) is 0 Å². The molecule has 8 heteroatoms. The van der Waals surface area contributed by atoms with Crippen molar-refractivity contribution in [3.05, 3.63) is 32.6 Å². The average molecular weight is 256 g/mol. The molecule has 1 fully saturated rings. The van der Waals surface area contributed by atoms with Crippen LogP contribution in [0.25, 0.3) is 0 Å². The second kappa shape index (κ2) is 4.84. The first-order valence-corrected chi connectivity index (χ1v) is 5.32. The number of ether oxygens (including phenoxy) is 1. The van der Waals surface area contributed by atoms with Crippen LogP contribution < -0.4 is 11.2 Å². The molecule has 0 saturated carbocycles. The summed E-state index contributed by atoms with van der Waals surface area (Å²) in [6.07, 6.45) is -1.02. The molecule has 0 bridgehead atoms. The summed E-state index contributed by atoms with van der Waals surface area (Å²) in [5.74, 6) is 0. The van der Waals surface area contributed by atoms with Gasteiger partial charge in [-0.25, -0.2) is 4.79 Å². The van der Waals surface area contributed by atoms with Gasteiger partial charge in [0.25, 0.3) is 5.56 Å². The molecule has 0 spiro atoms. The first kappa shape index (κ1) is 12.7. The molecule has 8 nitrogen and oxygen atoms in total. The number of aromatic amines is 1. The summed E-state index contributed by atoms with van der Waals surface area (Å²) in [5, 5.41) is 18.5. The maximum absolute atomic E-state index is 11.6. The number of aldehydes is 1. The first-order chi connectivity index (χ1) is 8.56. The number of aliphatic hydroxyl groups is 2. The minimum atomic E-state index is -0.904. The number of aromatic nitrogens is 2. The zero-order valence-corrected chi connectivity index (χ0v) is 9.28. The number of carbonyl (C=O) groups excluding carboxylic acids is 1. The van der Waals surface area contributed by atoms with Crippen LogP contribution in [0.4, 0.5) is 0 Å². The van der Waals surface area contributed by atoms with Crippen molar-refractivity contribution < 1.29 is 19.7 Å². The molecule has 18 heavy (non-hydrogen) atoms. The van der Waals surface area contributed by atoms with Crippen molar-refractivity contribution in [2.24, 2.45) is 0 Å². The molecule has 1 aliphatic rings. The van der Waals surface area contributed by atoms with Crippen molar-refractivity contribution in [1.82, 2.24) is 9.55 Å². The van der Waals surface area contributed by atoms with Gasteiger partial charge in [-0.15, -0.1) is 0 Å². The molecule has 1 saturated heterocycles. The van der Waals surface area contributed by atoms with E-state index in [4.69, 9.17) is 9.84 Å². The van der Waals surface area contributed by atoms with Gasteiger partial charge in [0.1, 0.15) is 12.3 Å². The summed E-state index contributed by atoms with van der Waals surface area (Å²) in [5.41, 5.74) is -1.72. The van der Waals surface area contributed by atoms with Gasteiger partial charge in [-0.1, -0.05) is 0 Å². The Morgan fingerprint density at radius 2 is 2.28 bits per heavy atom. The summed E-state index contributed by atoms with van der Waals surface area (Å²) in [6, 6.07) is 0. The zero-order valence-electron chi connectivity index (χ0n) is 9.28. The highest BCUT2D eigenvalue weighted by Gasteiger charge is 2.35. The Morgan fingerprint density at radius 1 is 1.56 bits per heavy atom. The molecule has 98 valence electrons. The lowest BCUT2D eigenvalue weighted by atomic mass is 10.2. The average Bonchev–Trinajstić information content (AvgIpc) is 2.70. The van der Waals surface area contributed by atoms with Crippen LogP contribution >= 0.6 is 0 Å². The van der Waals surface area contributed by atoms with Crippen molar-refractivity contribution in [3.63, 3.8) is 0 Å². The van der Waals surface area contributed by atoms with Gasteiger partial charge < -0.3 is 14.9 Å². The minimum absolute atomic E-state index is 0.0927. The van der Waals surface area contributed by atoms with E-state index in [1.54, 1.807) is 0 Å². The normalized spacial score (nSPS) is 27.3. The van der Waals surface area contributed by atoms with Gasteiger partial charge in [-0.3, -0.25) is 19.1 Å². The smallest absolute Gasteiger partial charge is 0.330 e. The van der Waals surface area contributed by atoms with Gasteiger partial charge >= 0.3 is 5.69 Å². The number of hydrogen-bond acceptors (Lipinski definition) is 6. The Balaban J connectivity index is 2.38. The van der Waals surface area contributed by atoms with E-state index in [2.05, 4.69) is 0 Å². The topological polar surface area (TPSA) is 122 Å². The Morgan fingerprint density at radius 3 is 2.83 bits per heavy atom. The maximum Gasteiger partial charge on any atom is 0.330 e. The second-order valence-electron chi connectivity index (χ2n) is 3.98. The maximum atomic E-state index is 11.6. The van der Waals surface area contributed by atoms with Gasteiger partial charge in [0, 0.05) is 12.6 Å². The molecule has 0 aliphatic carbocycles. The van der Waals surface area contributed by atoms with Gasteiger partial charge in [0.15, 0.2) is 6.29 Å². The molecular weight excluding hydrogens is 244 g/mol. The number of rotatable bonds is 3. The molecule has 3 atom stereocenters. The lowest BCUT2D eigenvalue weighted by molar-refractivity contribution is -0.0459. The molecule has 1 aromatic heterocycles. The van der Waals surface area contributed by atoms with Crippen molar-refractivity contribution in [2.75, 3.05) is 6.61 Å². The zero-order chi connectivity index (χ0) is 13.3. The van der Waals surface area contributed by atoms with E-state index in [1.807, 2.05) is 4.98 Å². The number of hydrogen-bond donors (Lipinski definition) is 3. The molecule has 0 amide bonds. The summed E-state index contributed by atoms with van der Waals surface area (Å²) < 4.78 is 6.27. The largest absolute Gasteiger partial charge is 0.394 e. The van der Waals surface area contributed by atoms with E-state index in [9.17, 15) is 19.5 Å². The third-order valence-electron chi connectivity index (χ3n) is 2.82. The molecule has 0 radical (unpaired) electrons. The van der Waals surface area contributed by atoms with E-state index in [1.165, 1.54) is 0 Å². The Labute approximate surface area is 100 Å². The summed E-state index contributed by atoms with van der Waals surface area (Å²) in [7, 11) is 0. The van der Waals surface area contributed by atoms with E-state index >= 15 is 0 Å². The fraction of sp³-hybridized carbons (Fsp3) is 0.500. The van der Waals surface area contributed by atoms with Gasteiger partial charge in [0.05, 0.1) is 18.3 Å². The van der Waals surface area contributed by atoms with Crippen LogP contribution in [0, 0.1) is 0 Å². The molecule has 3 unspecified atom stereocenters. The predicted molar refractivity (Wildman–Crippen MR) is 58.3 cm³/mol. The summed E-state index contributed by atoms with van der Waals surface area (Å²) in [4.78, 5) is 35.4. The summed E-state index contributed by atoms with van der Waals surface area (Å²) in [6.45, 7) is -0.379. The van der Waals surface area contributed by atoms with Crippen molar-refractivity contribution >= 4 is 6.29 Å². The van der Waals surface area contributed by atoms with Gasteiger partial charge in [-0.05, 0) is 0 Å². The Hall–Kier alpha value is -1.77. The number of nitrogens with one attached hydrogen (secondary N) is 1. The quantitative estimate of drug-likeness (QED) is 0.537. The standard InChI is InChI=1S/C10H12N2O6/c13-3-5-2-12(10(17)11-9(5)16)8-1-6(15)7(4-14)18-8/h2-3,6-8,14-15H,1,4H2,(H,11,16,17). The van der Waals surface area contributed by atoms with Crippen molar-refractivity contribution in [3.8, 4) is 0 Å². The fourth-order valence-electron chi connectivity index (χ4n) is 1.85. The van der Waals surface area contributed by atoms with E-state index in [-0.39, 0.29) is 18.6 Å². The molecule has 3 N–H and O–H groups in total. The second-order valence-corrected chi connectivity index (χ2v) is 3.98. The number of carbonyl (C=O) groups is 1. The molecule has 1 aliphatic heterocycles. The third-order valence-corrected chi connectivity index (χ3v) is 2.82. The highest BCUT2D eigenvalue weighted by molar-refractivity contribution is 5.73. The third kappa shape index (κ3) is 2.13.